The molecule has 0 bridgehead atoms. The molecule has 3 rings (SSSR count). The lowest BCUT2D eigenvalue weighted by atomic mass is 9.90. The number of carboxylic acid groups (broad SMARTS) is 1. The van der Waals surface area contributed by atoms with Crippen molar-refractivity contribution in [1.29, 1.82) is 0 Å². The summed E-state index contributed by atoms with van der Waals surface area (Å²) in [4.78, 5) is 55.9. The third-order valence-electron chi connectivity index (χ3n) is 10.5. The van der Waals surface area contributed by atoms with E-state index in [4.69, 9.17) is 18.9 Å². The number of likely N-dealkylation sites (tertiary alicyclic amines) is 1. The number of likely N-dealkylation sites (N-methyl/N-ethyl adjacent to an activating group) is 1. The van der Waals surface area contributed by atoms with Gasteiger partial charge in [-0.05, 0) is 30.2 Å². The van der Waals surface area contributed by atoms with E-state index in [1.807, 2.05) is 19.9 Å². The van der Waals surface area contributed by atoms with E-state index < -0.39 is 54.8 Å². The molecule has 0 saturated carbocycles. The van der Waals surface area contributed by atoms with Crippen LogP contribution in [0.5, 0.6) is 0 Å². The Labute approximate surface area is 308 Å². The molecule has 0 aliphatic carbocycles. The van der Waals surface area contributed by atoms with E-state index in [-0.39, 0.29) is 61.0 Å². The van der Waals surface area contributed by atoms with Crippen molar-refractivity contribution in [2.45, 2.75) is 128 Å². The van der Waals surface area contributed by atoms with Crippen LogP contribution in [0.4, 0.5) is 0 Å². The summed E-state index contributed by atoms with van der Waals surface area (Å²) in [5.41, 5.74) is 0.653. The fourth-order valence-electron chi connectivity index (χ4n) is 7.40. The third kappa shape index (κ3) is 11.2. The van der Waals surface area contributed by atoms with Gasteiger partial charge >= 0.3 is 5.97 Å². The van der Waals surface area contributed by atoms with Gasteiger partial charge in [0.25, 0.3) is 0 Å². The molecule has 14 heteroatoms. The van der Waals surface area contributed by atoms with Gasteiger partial charge in [0.1, 0.15) is 12.2 Å². The topological polar surface area (TPSA) is 184 Å². The number of methoxy groups -OCH3 is 2. The molecule has 2 fully saturated rings. The van der Waals surface area contributed by atoms with Crippen molar-refractivity contribution in [2.75, 3.05) is 34.4 Å². The number of rotatable bonds is 19. The van der Waals surface area contributed by atoms with Crippen molar-refractivity contribution in [1.82, 2.24) is 15.1 Å². The highest BCUT2D eigenvalue weighted by Crippen LogP contribution is 2.31. The summed E-state index contributed by atoms with van der Waals surface area (Å²) in [5.74, 6) is -2.25. The molecule has 52 heavy (non-hydrogen) atoms. The van der Waals surface area contributed by atoms with Gasteiger partial charge in [-0.25, -0.2) is 4.79 Å². The molecule has 0 spiro atoms. The quantitative estimate of drug-likeness (QED) is 0.164. The minimum Gasteiger partial charge on any atom is -0.479 e. The number of nitrogens with one attached hydrogen (secondary N) is 1. The maximum Gasteiger partial charge on any atom is 0.335 e. The summed E-state index contributed by atoms with van der Waals surface area (Å²) in [6, 6.07) is 8.26. The molecule has 2 aliphatic heterocycles. The Kier molecular flexibility index (Phi) is 16.9. The summed E-state index contributed by atoms with van der Waals surface area (Å²) in [6.45, 7) is 10.3. The first kappa shape index (κ1) is 43.3. The number of carboxylic acids is 1. The SMILES string of the molecule is CCC(C)C(C(CC(=O)N1CCCC1C(OC)C(C)C(=O)NCC(O[C@@H]1O[C@H](C(=O)O)C(O)CC1O)c1ccccc1)OC)N(C)C(=O)CC(C)C. The lowest BCUT2D eigenvalue weighted by Crippen LogP contribution is -2.53. The van der Waals surface area contributed by atoms with Crippen LogP contribution in [0.25, 0.3) is 0 Å². The zero-order chi connectivity index (χ0) is 38.7. The van der Waals surface area contributed by atoms with Gasteiger partial charge < -0.3 is 49.4 Å². The van der Waals surface area contributed by atoms with Gasteiger partial charge in [0.15, 0.2) is 12.4 Å². The van der Waals surface area contributed by atoms with Gasteiger partial charge in [-0.2, -0.15) is 0 Å². The molecule has 2 aliphatic rings. The van der Waals surface area contributed by atoms with Crippen LogP contribution in [-0.2, 0) is 38.1 Å². The van der Waals surface area contributed by atoms with E-state index in [0.29, 0.717) is 24.9 Å². The Bertz CT molecular complexity index is 1300. The van der Waals surface area contributed by atoms with E-state index in [1.54, 1.807) is 55.1 Å². The van der Waals surface area contributed by atoms with Crippen molar-refractivity contribution in [3.05, 3.63) is 35.9 Å². The molecule has 1 aromatic rings. The number of nitrogens with zero attached hydrogens (tertiary/aromatic N) is 2. The Hall–Kier alpha value is -3.14. The maximum absolute atomic E-state index is 14.0. The van der Waals surface area contributed by atoms with E-state index >= 15 is 0 Å². The normalized spacial score (nSPS) is 25.5. The first-order valence-corrected chi connectivity index (χ1v) is 18.5. The highest BCUT2D eigenvalue weighted by molar-refractivity contribution is 5.80. The van der Waals surface area contributed by atoms with Gasteiger partial charge in [0, 0.05) is 47.2 Å². The Morgan fingerprint density at radius 3 is 2.27 bits per heavy atom. The summed E-state index contributed by atoms with van der Waals surface area (Å²) in [7, 11) is 4.88. The van der Waals surface area contributed by atoms with Gasteiger partial charge in [0.2, 0.25) is 17.7 Å². The van der Waals surface area contributed by atoms with Crippen LogP contribution in [-0.4, -0.2) is 132 Å². The van der Waals surface area contributed by atoms with E-state index in [2.05, 4.69) is 19.2 Å². The van der Waals surface area contributed by atoms with Crippen molar-refractivity contribution in [3.8, 4) is 0 Å². The van der Waals surface area contributed by atoms with Crippen molar-refractivity contribution >= 4 is 23.7 Å². The van der Waals surface area contributed by atoms with Crippen LogP contribution in [0.3, 0.4) is 0 Å². The molecule has 0 aromatic heterocycles. The lowest BCUT2D eigenvalue weighted by molar-refractivity contribution is -0.277. The maximum atomic E-state index is 14.0. The monoisotopic (exact) mass is 735 g/mol. The molecular formula is C38H61N3O11. The fraction of sp³-hybridized carbons (Fsp3) is 0.737. The number of carbonyl (C=O) groups is 4. The van der Waals surface area contributed by atoms with Crippen molar-refractivity contribution in [2.24, 2.45) is 17.8 Å². The van der Waals surface area contributed by atoms with E-state index in [1.165, 1.54) is 7.11 Å². The predicted molar refractivity (Wildman–Crippen MR) is 192 cm³/mol. The fourth-order valence-corrected chi connectivity index (χ4v) is 7.40. The molecular weight excluding hydrogens is 674 g/mol. The lowest BCUT2D eigenvalue weighted by Gasteiger charge is -2.39. The second-order valence-corrected chi connectivity index (χ2v) is 14.7. The molecule has 0 radical (unpaired) electrons. The highest BCUT2D eigenvalue weighted by Gasteiger charge is 2.44. The van der Waals surface area contributed by atoms with Crippen LogP contribution in [0.15, 0.2) is 30.3 Å². The molecule has 14 nitrogen and oxygen atoms in total. The second-order valence-electron chi connectivity index (χ2n) is 14.7. The van der Waals surface area contributed by atoms with Gasteiger partial charge in [0.05, 0.1) is 42.7 Å². The van der Waals surface area contributed by atoms with E-state index in [9.17, 15) is 34.5 Å². The largest absolute Gasteiger partial charge is 0.479 e. The number of benzene rings is 1. The van der Waals surface area contributed by atoms with E-state index in [0.717, 1.165) is 12.8 Å². The molecule has 2 heterocycles. The zero-order valence-electron chi connectivity index (χ0n) is 32.0. The molecule has 294 valence electrons. The second kappa shape index (κ2) is 20.4. The smallest absolute Gasteiger partial charge is 0.335 e. The number of hydrogen-bond acceptors (Lipinski definition) is 10. The molecule has 9 unspecified atom stereocenters. The first-order chi connectivity index (χ1) is 24.6. The minimum absolute atomic E-state index is 0.0127. The van der Waals surface area contributed by atoms with Crippen LogP contribution < -0.4 is 5.32 Å². The number of aliphatic hydroxyl groups is 2. The summed E-state index contributed by atoms with van der Waals surface area (Å²) >= 11 is 0. The average Bonchev–Trinajstić information content (AvgIpc) is 3.60. The first-order valence-electron chi connectivity index (χ1n) is 18.5. The summed E-state index contributed by atoms with van der Waals surface area (Å²) < 4.78 is 23.3. The van der Waals surface area contributed by atoms with Crippen molar-refractivity contribution < 1.29 is 53.4 Å². The number of aliphatic carboxylic acids is 1. The van der Waals surface area contributed by atoms with Crippen LogP contribution in [0.2, 0.25) is 0 Å². The predicted octanol–water partition coefficient (Wildman–Crippen LogP) is 2.75. The number of hydrogen-bond donors (Lipinski definition) is 4. The Morgan fingerprint density at radius 1 is 1.02 bits per heavy atom. The number of carbonyl (C=O) groups excluding carboxylic acids is 3. The van der Waals surface area contributed by atoms with Crippen LogP contribution >= 0.6 is 0 Å². The van der Waals surface area contributed by atoms with Gasteiger partial charge in [-0.3, -0.25) is 14.4 Å². The van der Waals surface area contributed by atoms with Crippen LogP contribution in [0, 0.1) is 17.8 Å². The van der Waals surface area contributed by atoms with Crippen LogP contribution in [0.1, 0.15) is 84.8 Å². The van der Waals surface area contributed by atoms with Crippen molar-refractivity contribution in [3.63, 3.8) is 0 Å². The highest BCUT2D eigenvalue weighted by atomic mass is 16.7. The summed E-state index contributed by atoms with van der Waals surface area (Å²) in [5, 5.41) is 33.0. The molecule has 2 saturated heterocycles. The number of ether oxygens (including phenoxy) is 4. The summed E-state index contributed by atoms with van der Waals surface area (Å²) in [6.07, 6.45) is -5.22. The molecule has 11 atom stereocenters. The zero-order valence-corrected chi connectivity index (χ0v) is 32.0. The minimum atomic E-state index is -1.58. The van der Waals surface area contributed by atoms with Gasteiger partial charge in [-0.1, -0.05) is 71.4 Å². The Morgan fingerprint density at radius 2 is 1.69 bits per heavy atom. The molecule has 3 amide bonds. The average molecular weight is 736 g/mol. The third-order valence-corrected chi connectivity index (χ3v) is 10.5. The van der Waals surface area contributed by atoms with Gasteiger partial charge in [-0.15, -0.1) is 0 Å². The standard InChI is InChI=1S/C38H61N3O11/c1-9-23(4)33(40(6)31(44)18-22(2)3)29(49-7)20-32(45)41-17-13-16-26(41)34(50-8)24(5)36(46)39-21-30(25-14-11-10-12-15-25)51-38-28(43)19-27(42)35(52-38)37(47)48/h10-12,14-15,22-24,26-30,33-35,38,42-43H,9,13,16-21H2,1-8H3,(H,39,46)(H,47,48)/t23?,24?,26?,27?,28?,29?,30?,33?,34?,35-,38+/m0/s1. The molecule has 1 aromatic carbocycles. The number of amides is 3. The number of aliphatic hydroxyl groups excluding tert-OH is 2. The molecule has 4 N–H and O–H groups in total. The Balaban J connectivity index is 1.72.